The summed E-state index contributed by atoms with van der Waals surface area (Å²) in [5.74, 6) is 0.0149. The molecule has 1 N–H and O–H groups in total. The van der Waals surface area contributed by atoms with Crippen LogP contribution < -0.4 is 0 Å². The van der Waals surface area contributed by atoms with Crippen LogP contribution in [0.3, 0.4) is 0 Å². The predicted octanol–water partition coefficient (Wildman–Crippen LogP) is 2.67. The molecule has 0 aliphatic rings. The van der Waals surface area contributed by atoms with Crippen LogP contribution >= 0.6 is 0 Å². The van der Waals surface area contributed by atoms with Crippen LogP contribution in [0.2, 0.25) is 0 Å². The van der Waals surface area contributed by atoms with Gasteiger partial charge < -0.3 is 9.52 Å². The lowest BCUT2D eigenvalue weighted by Crippen LogP contribution is -2.33. The van der Waals surface area contributed by atoms with E-state index in [4.69, 9.17) is 4.42 Å². The van der Waals surface area contributed by atoms with Gasteiger partial charge in [-0.25, -0.2) is 0 Å². The summed E-state index contributed by atoms with van der Waals surface area (Å²) in [6, 6.07) is 3.44. The number of hydrogen-bond donors (Lipinski definition) is 1. The van der Waals surface area contributed by atoms with E-state index < -0.39 is 11.4 Å². The van der Waals surface area contributed by atoms with Crippen LogP contribution in [0.4, 0.5) is 0 Å². The second kappa shape index (κ2) is 3.86. The Bertz CT molecular complexity index is 300. The largest absolute Gasteiger partial charge is 0.480 e. The molecule has 1 heterocycles. The minimum atomic E-state index is -0.905. The molecule has 0 amide bonds. The van der Waals surface area contributed by atoms with E-state index in [0.717, 1.165) is 0 Å². The molecule has 0 aliphatic carbocycles. The van der Waals surface area contributed by atoms with Crippen LogP contribution in [0.15, 0.2) is 22.8 Å². The van der Waals surface area contributed by atoms with Gasteiger partial charge in [0.25, 0.3) is 0 Å². The highest BCUT2D eigenvalue weighted by atomic mass is 16.4. The van der Waals surface area contributed by atoms with Crippen LogP contribution in [-0.4, -0.2) is 11.1 Å². The van der Waals surface area contributed by atoms with E-state index in [9.17, 15) is 9.90 Å². The summed E-state index contributed by atoms with van der Waals surface area (Å²) in [7, 11) is 0. The molecular weight excluding hydrogens is 180 g/mol. The number of carboxylic acid groups (broad SMARTS) is 1. The topological polar surface area (TPSA) is 50.4 Å². The van der Waals surface area contributed by atoms with E-state index in [1.54, 1.807) is 19.1 Å². The molecule has 0 spiro atoms. The fourth-order valence-electron chi connectivity index (χ4n) is 1.70. The zero-order valence-corrected chi connectivity index (χ0v) is 8.78. The van der Waals surface area contributed by atoms with E-state index in [2.05, 4.69) is 0 Å². The molecule has 0 fully saturated rings. The second-order valence-electron chi connectivity index (χ2n) is 4.21. The highest BCUT2D eigenvalue weighted by Gasteiger charge is 2.38. The fraction of sp³-hybridized carbons (Fsp3) is 0.545. The Morgan fingerprint density at radius 3 is 2.64 bits per heavy atom. The van der Waals surface area contributed by atoms with E-state index in [-0.39, 0.29) is 0 Å². The Kier molecular flexibility index (Phi) is 2.99. The highest BCUT2D eigenvalue weighted by Crippen LogP contribution is 2.31. The lowest BCUT2D eigenvalue weighted by Gasteiger charge is -2.24. The number of rotatable bonds is 4. The zero-order valence-electron chi connectivity index (χ0n) is 8.78. The number of hydrogen-bond acceptors (Lipinski definition) is 2. The van der Waals surface area contributed by atoms with Crippen molar-refractivity contribution in [3.05, 3.63) is 24.2 Å². The summed E-state index contributed by atoms with van der Waals surface area (Å²) in [6.07, 6.45) is 2.09. The molecule has 0 bridgehead atoms. The smallest absolute Gasteiger partial charge is 0.317 e. The Morgan fingerprint density at radius 1 is 1.64 bits per heavy atom. The summed E-state index contributed by atoms with van der Waals surface area (Å²) >= 11 is 0. The van der Waals surface area contributed by atoms with Gasteiger partial charge in [0.05, 0.1) is 6.26 Å². The van der Waals surface area contributed by atoms with Gasteiger partial charge in [0.2, 0.25) is 0 Å². The second-order valence-corrected chi connectivity index (χ2v) is 4.21. The average molecular weight is 196 g/mol. The molecule has 0 saturated carbocycles. The molecule has 1 rings (SSSR count). The maximum absolute atomic E-state index is 11.2. The molecular formula is C11H16O3. The number of carbonyl (C=O) groups is 1. The molecule has 1 unspecified atom stereocenters. The molecule has 0 radical (unpaired) electrons. The molecule has 1 aromatic heterocycles. The van der Waals surface area contributed by atoms with Crippen molar-refractivity contribution in [1.82, 2.24) is 0 Å². The SMILES string of the molecule is CC(C)CC(C)(C(=O)O)c1ccco1. The van der Waals surface area contributed by atoms with Crippen LogP contribution in [-0.2, 0) is 10.2 Å². The first kappa shape index (κ1) is 10.8. The maximum Gasteiger partial charge on any atom is 0.317 e. The van der Waals surface area contributed by atoms with E-state index in [1.165, 1.54) is 6.26 Å². The summed E-state index contributed by atoms with van der Waals surface area (Å²) in [5, 5.41) is 9.19. The van der Waals surface area contributed by atoms with Crippen LogP contribution in [0.25, 0.3) is 0 Å². The van der Waals surface area contributed by atoms with Crippen molar-refractivity contribution in [2.45, 2.75) is 32.6 Å². The van der Waals surface area contributed by atoms with E-state index >= 15 is 0 Å². The normalized spacial score (nSPS) is 15.4. The Morgan fingerprint density at radius 2 is 2.29 bits per heavy atom. The molecule has 0 aromatic carbocycles. The minimum Gasteiger partial charge on any atom is -0.480 e. The van der Waals surface area contributed by atoms with Crippen molar-refractivity contribution in [1.29, 1.82) is 0 Å². The van der Waals surface area contributed by atoms with Gasteiger partial charge in [-0.15, -0.1) is 0 Å². The fourth-order valence-corrected chi connectivity index (χ4v) is 1.70. The van der Waals surface area contributed by atoms with Gasteiger partial charge in [-0.1, -0.05) is 13.8 Å². The maximum atomic E-state index is 11.2. The van der Waals surface area contributed by atoms with E-state index in [0.29, 0.717) is 18.1 Å². The Balaban J connectivity index is 2.99. The van der Waals surface area contributed by atoms with Gasteiger partial charge in [0, 0.05) is 0 Å². The predicted molar refractivity (Wildman–Crippen MR) is 53.2 cm³/mol. The van der Waals surface area contributed by atoms with Gasteiger partial charge in [-0.3, -0.25) is 4.79 Å². The van der Waals surface area contributed by atoms with Crippen LogP contribution in [0, 0.1) is 5.92 Å². The first-order valence-electron chi connectivity index (χ1n) is 4.74. The van der Waals surface area contributed by atoms with Gasteiger partial charge in [-0.05, 0) is 31.4 Å². The van der Waals surface area contributed by atoms with Crippen LogP contribution in [0.1, 0.15) is 33.0 Å². The third kappa shape index (κ3) is 1.97. The Hall–Kier alpha value is -1.25. The quantitative estimate of drug-likeness (QED) is 0.805. The minimum absolute atomic E-state index is 0.321. The summed E-state index contributed by atoms with van der Waals surface area (Å²) in [4.78, 5) is 11.2. The molecule has 3 heteroatoms. The lowest BCUT2D eigenvalue weighted by atomic mass is 9.80. The number of carboxylic acids is 1. The van der Waals surface area contributed by atoms with Crippen LogP contribution in [0.5, 0.6) is 0 Å². The molecule has 1 aromatic rings. The third-order valence-corrected chi connectivity index (χ3v) is 2.35. The van der Waals surface area contributed by atoms with Crippen molar-refractivity contribution in [2.75, 3.05) is 0 Å². The first-order valence-corrected chi connectivity index (χ1v) is 4.74. The molecule has 0 aliphatic heterocycles. The third-order valence-electron chi connectivity index (χ3n) is 2.35. The van der Waals surface area contributed by atoms with Gasteiger partial charge >= 0.3 is 5.97 Å². The average Bonchev–Trinajstić information content (AvgIpc) is 2.53. The molecule has 78 valence electrons. The van der Waals surface area contributed by atoms with Crippen molar-refractivity contribution in [2.24, 2.45) is 5.92 Å². The molecule has 1 atom stereocenters. The van der Waals surface area contributed by atoms with Gasteiger partial charge in [0.15, 0.2) is 0 Å². The van der Waals surface area contributed by atoms with Crippen molar-refractivity contribution in [3.8, 4) is 0 Å². The number of aliphatic carboxylic acids is 1. The monoisotopic (exact) mass is 196 g/mol. The number of furan rings is 1. The van der Waals surface area contributed by atoms with Crippen molar-refractivity contribution < 1.29 is 14.3 Å². The molecule has 3 nitrogen and oxygen atoms in total. The zero-order chi connectivity index (χ0) is 10.8. The summed E-state index contributed by atoms with van der Waals surface area (Å²) in [5.41, 5.74) is -0.905. The summed E-state index contributed by atoms with van der Waals surface area (Å²) in [6.45, 7) is 5.71. The highest BCUT2D eigenvalue weighted by molar-refractivity contribution is 5.79. The lowest BCUT2D eigenvalue weighted by molar-refractivity contribution is -0.144. The Labute approximate surface area is 83.7 Å². The van der Waals surface area contributed by atoms with Crippen molar-refractivity contribution >= 4 is 5.97 Å². The summed E-state index contributed by atoms with van der Waals surface area (Å²) < 4.78 is 5.18. The van der Waals surface area contributed by atoms with Gasteiger partial charge in [0.1, 0.15) is 11.2 Å². The first-order chi connectivity index (χ1) is 6.47. The van der Waals surface area contributed by atoms with Crippen molar-refractivity contribution in [3.63, 3.8) is 0 Å². The van der Waals surface area contributed by atoms with E-state index in [1.807, 2.05) is 13.8 Å². The molecule has 14 heavy (non-hydrogen) atoms. The standard InChI is InChI=1S/C11H16O3/c1-8(2)7-11(3,10(12)13)9-5-4-6-14-9/h4-6,8H,7H2,1-3H3,(H,12,13). The van der Waals surface area contributed by atoms with Gasteiger partial charge in [-0.2, -0.15) is 0 Å². The molecule has 0 saturated heterocycles.